The third-order valence-electron chi connectivity index (χ3n) is 23.3. The van der Waals surface area contributed by atoms with Crippen molar-refractivity contribution >= 4 is 264 Å². The maximum Gasteiger partial charge on any atom is 0.165 e. The number of nitrogens with zero attached hydrogens (tertiary/aromatic N) is 9. The van der Waals surface area contributed by atoms with Crippen molar-refractivity contribution < 1.29 is 0 Å². The predicted octanol–water partition coefficient (Wildman–Crippen LogP) is 27.1. The molecule has 12 heterocycles. The molecule has 12 heteroatoms. The molecule has 28 aromatic rings. The van der Waals surface area contributed by atoms with Crippen molar-refractivity contribution in [2.75, 3.05) is 0 Å². The highest BCUT2D eigenvalue weighted by atomic mass is 32.1. The second kappa shape index (κ2) is 21.9. The van der Waals surface area contributed by atoms with Crippen LogP contribution in [0.3, 0.4) is 0 Å². The third kappa shape index (κ3) is 8.01. The molecule has 110 heavy (non-hydrogen) atoms. The van der Waals surface area contributed by atoms with Gasteiger partial charge in [0.1, 0.15) is 16.6 Å². The standard InChI is InChI=1S/C36H19N3S.C32H17N3S.C30H15N3S/c1-2-10-22-20(8-1)9-7-12-23(22)21-18-27-25-16-17-26-24-11-3-6-15-31(24)40-35(26)34(25)39-33(27)28(19-21)32-36(39)38-30-14-5-4-13-29(30)37-32;1-2-8-18(9-3-1)19-16-23-21-14-15-22-20-10-4-7-13-27(20)36-31(22)30(21)35-29(23)24(17-19)28-32(35)34-26-12-6-5-11-25(26)33-28;1-2-7-17-16(6-1)12-13-21-27(17)32-28-20-10-5-9-19-25-22(33(29(19)20)30(28)31-21)14-15-24-26(25)18-8-3-4-11-23(18)34-24/h1-19H;1-17H;1-15H. The van der Waals surface area contributed by atoms with Crippen molar-refractivity contribution in [1.82, 2.24) is 43.1 Å². The average Bonchev–Trinajstić information content (AvgIpc) is 1.54. The Morgan fingerprint density at radius 2 is 0.664 bits per heavy atom. The van der Waals surface area contributed by atoms with Crippen LogP contribution in [0.4, 0.5) is 0 Å². The van der Waals surface area contributed by atoms with E-state index in [9.17, 15) is 0 Å². The first-order valence-corrected chi connectivity index (χ1v) is 39.5. The monoisotopic (exact) mass is 1450 g/mol. The van der Waals surface area contributed by atoms with Gasteiger partial charge in [-0.25, -0.2) is 29.9 Å². The van der Waals surface area contributed by atoms with Gasteiger partial charge in [0.2, 0.25) is 0 Å². The molecular formula is C98H51N9S3. The fraction of sp³-hybridized carbons (Fsp3) is 0. The molecule has 0 radical (unpaired) electrons. The van der Waals surface area contributed by atoms with Gasteiger partial charge < -0.3 is 0 Å². The molecule has 0 saturated carbocycles. The summed E-state index contributed by atoms with van der Waals surface area (Å²) < 4.78 is 15.0. The molecule has 12 aromatic heterocycles. The van der Waals surface area contributed by atoms with Gasteiger partial charge in [0.15, 0.2) is 16.9 Å². The quantitative estimate of drug-likeness (QED) is 0.160. The maximum absolute atomic E-state index is 5.24. The predicted molar refractivity (Wildman–Crippen MR) is 467 cm³/mol. The lowest BCUT2D eigenvalue weighted by atomic mass is 9.95. The molecule has 0 atom stereocenters. The van der Waals surface area contributed by atoms with Crippen LogP contribution in [0.1, 0.15) is 0 Å². The summed E-state index contributed by atoms with van der Waals surface area (Å²) in [6.07, 6.45) is 0. The molecule has 0 aliphatic rings. The Labute approximate surface area is 634 Å². The van der Waals surface area contributed by atoms with E-state index in [4.69, 9.17) is 29.9 Å². The van der Waals surface area contributed by atoms with Crippen molar-refractivity contribution in [1.29, 1.82) is 0 Å². The zero-order valence-corrected chi connectivity index (χ0v) is 60.6. The molecule has 0 aliphatic heterocycles. The number of hydrogen-bond acceptors (Lipinski definition) is 9. The summed E-state index contributed by atoms with van der Waals surface area (Å²) in [5, 5.41) is 23.8. The summed E-state index contributed by atoms with van der Waals surface area (Å²) in [4.78, 5) is 31.2. The van der Waals surface area contributed by atoms with E-state index < -0.39 is 0 Å². The van der Waals surface area contributed by atoms with Crippen molar-refractivity contribution in [3.05, 3.63) is 309 Å². The van der Waals surface area contributed by atoms with Gasteiger partial charge >= 0.3 is 0 Å². The van der Waals surface area contributed by atoms with Crippen LogP contribution in [-0.2, 0) is 0 Å². The van der Waals surface area contributed by atoms with Crippen LogP contribution in [0.5, 0.6) is 0 Å². The smallest absolute Gasteiger partial charge is 0.165 e. The third-order valence-corrected chi connectivity index (χ3v) is 26.8. The van der Waals surface area contributed by atoms with E-state index in [0.717, 1.165) is 82.8 Å². The van der Waals surface area contributed by atoms with Crippen LogP contribution >= 0.6 is 34.0 Å². The second-order valence-corrected chi connectivity index (χ2v) is 32.3. The lowest BCUT2D eigenvalue weighted by Crippen LogP contribution is -1.90. The largest absolute Gasteiger partial charge is 0.291 e. The fourth-order valence-corrected chi connectivity index (χ4v) is 22.2. The average molecular weight is 1450 g/mol. The van der Waals surface area contributed by atoms with Crippen molar-refractivity contribution in [2.24, 2.45) is 0 Å². The summed E-state index contributed by atoms with van der Waals surface area (Å²) in [7, 11) is 0. The van der Waals surface area contributed by atoms with E-state index in [1.165, 1.54) is 170 Å². The molecule has 0 aliphatic carbocycles. The molecule has 506 valence electrons. The Hall–Kier alpha value is -13.9. The SMILES string of the molecule is c1ccc(-c2cc3c4ccc5c6ccccc6sc5c4n4c5nc6ccccc6nc5c(c2)c34)cc1.c1ccc2c(-c3cc4c5ccc6c7ccccc7sc6c5n5c6nc7ccccc7nc6c(c3)c45)cccc2c1.c1ccc2c(c1)ccc1nc3c(nc12)c1cccc2c4c5c(ccc4n3c12)sc1ccccc15. The van der Waals surface area contributed by atoms with Crippen LogP contribution in [0, 0.1) is 0 Å². The molecule has 0 unspecified atom stereocenters. The molecule has 0 saturated heterocycles. The highest BCUT2D eigenvalue weighted by Crippen LogP contribution is 2.51. The Morgan fingerprint density at radius 3 is 1.32 bits per heavy atom. The zero-order valence-electron chi connectivity index (χ0n) is 58.2. The molecular weight excluding hydrogens is 1400 g/mol. The van der Waals surface area contributed by atoms with Gasteiger partial charge in [0.25, 0.3) is 0 Å². The minimum Gasteiger partial charge on any atom is -0.291 e. The van der Waals surface area contributed by atoms with Gasteiger partial charge in [-0.2, -0.15) is 0 Å². The van der Waals surface area contributed by atoms with E-state index in [1.807, 2.05) is 58.3 Å². The Balaban J connectivity index is 0.0000000924. The number of para-hydroxylation sites is 5. The number of hydrogen-bond donors (Lipinski definition) is 0. The van der Waals surface area contributed by atoms with E-state index in [2.05, 4.69) is 298 Å². The van der Waals surface area contributed by atoms with Gasteiger partial charge in [-0.15, -0.1) is 34.0 Å². The number of thiophene rings is 3. The summed E-state index contributed by atoms with van der Waals surface area (Å²) in [6.45, 7) is 0. The van der Waals surface area contributed by atoms with E-state index in [1.54, 1.807) is 0 Å². The van der Waals surface area contributed by atoms with Gasteiger partial charge in [-0.05, 0) is 123 Å². The lowest BCUT2D eigenvalue weighted by molar-refractivity contribution is 1.28. The molecule has 0 bridgehead atoms. The number of benzene rings is 16. The van der Waals surface area contributed by atoms with Gasteiger partial charge in [0, 0.05) is 105 Å². The van der Waals surface area contributed by atoms with E-state index in [-0.39, 0.29) is 0 Å². The first-order chi connectivity index (χ1) is 54.5. The number of aromatic nitrogens is 9. The summed E-state index contributed by atoms with van der Waals surface area (Å²) >= 11 is 5.61. The number of rotatable bonds is 2. The Morgan fingerprint density at radius 1 is 0.209 bits per heavy atom. The van der Waals surface area contributed by atoms with Crippen molar-refractivity contribution in [2.45, 2.75) is 0 Å². The second-order valence-electron chi connectivity index (χ2n) is 29.1. The molecule has 0 amide bonds. The van der Waals surface area contributed by atoms with E-state index in [0.29, 0.717) is 0 Å². The van der Waals surface area contributed by atoms with Crippen LogP contribution in [0.25, 0.3) is 252 Å². The van der Waals surface area contributed by atoms with Gasteiger partial charge in [0.05, 0.1) is 75.6 Å². The summed E-state index contributed by atoms with van der Waals surface area (Å²) in [6, 6.07) is 111. The Bertz CT molecular complexity index is 8880. The topological polar surface area (TPSA) is 90.6 Å². The minimum atomic E-state index is 0.918. The zero-order chi connectivity index (χ0) is 71.3. The van der Waals surface area contributed by atoms with Crippen molar-refractivity contribution in [3.63, 3.8) is 0 Å². The molecule has 9 nitrogen and oxygen atoms in total. The van der Waals surface area contributed by atoms with Crippen LogP contribution in [0.2, 0.25) is 0 Å². The van der Waals surface area contributed by atoms with Crippen molar-refractivity contribution in [3.8, 4) is 22.3 Å². The minimum absolute atomic E-state index is 0.918. The number of fused-ring (bicyclic) bond motifs is 36. The molecule has 28 rings (SSSR count). The first kappa shape index (κ1) is 59.3. The van der Waals surface area contributed by atoms with Crippen LogP contribution < -0.4 is 0 Å². The van der Waals surface area contributed by atoms with Crippen LogP contribution in [0.15, 0.2) is 309 Å². The van der Waals surface area contributed by atoms with Gasteiger partial charge in [-0.1, -0.05) is 224 Å². The first-order valence-electron chi connectivity index (χ1n) is 37.1. The highest BCUT2D eigenvalue weighted by Gasteiger charge is 2.28. The molecule has 16 aromatic carbocycles. The maximum atomic E-state index is 5.24. The normalized spacial score (nSPS) is 12.5. The summed E-state index contributed by atoms with van der Waals surface area (Å²) in [5.74, 6) is 0. The summed E-state index contributed by atoms with van der Waals surface area (Å²) in [5.41, 5.74) is 23.4. The molecule has 0 N–H and O–H groups in total. The van der Waals surface area contributed by atoms with Crippen LogP contribution in [-0.4, -0.2) is 43.1 Å². The molecule has 0 spiro atoms. The highest BCUT2D eigenvalue weighted by molar-refractivity contribution is 7.27. The molecule has 0 fully saturated rings. The fourth-order valence-electron chi connectivity index (χ4n) is 18.6. The van der Waals surface area contributed by atoms with Gasteiger partial charge in [-0.3, -0.25) is 13.2 Å². The van der Waals surface area contributed by atoms with E-state index >= 15 is 0 Å². The lowest BCUT2D eigenvalue weighted by Gasteiger charge is -2.08. The Kier molecular flexibility index (Phi) is 11.8.